The van der Waals surface area contributed by atoms with Crippen LogP contribution >= 0.6 is 11.6 Å². The summed E-state index contributed by atoms with van der Waals surface area (Å²) < 4.78 is 20.2. The Hall–Kier alpha value is -1.15. The second-order valence-electron chi connectivity index (χ2n) is 6.82. The first-order valence-corrected chi connectivity index (χ1v) is 8.97. The Balaban J connectivity index is 1.75. The zero-order chi connectivity index (χ0) is 16.9. The van der Waals surface area contributed by atoms with Crippen LogP contribution in [0.5, 0.6) is 0 Å². The molecule has 132 valence electrons. The van der Waals surface area contributed by atoms with E-state index in [9.17, 15) is 9.59 Å². The highest BCUT2D eigenvalue weighted by molar-refractivity contribution is 6.18. The van der Waals surface area contributed by atoms with E-state index in [-0.39, 0.29) is 12.0 Å². The molecule has 3 aliphatic rings. The number of halogens is 1. The average molecular weight is 357 g/mol. The molecular weight excluding hydrogens is 336 g/mol. The standard InChI is InChI=1S/C16H21ClN2O5/c1-2-15(9-17)12-11(22-16(23-12)6-3-4-7-16)13(24-15)19-8-5-10(20)18-14(19)21/h5,8,11-13H,2-4,6-7,9H2,1H3,(H,18,20,21)/t11-,12+,13-,15+/m1/s1. The van der Waals surface area contributed by atoms with Gasteiger partial charge in [-0.15, -0.1) is 11.6 Å². The molecule has 1 aromatic heterocycles. The molecule has 7 nitrogen and oxygen atoms in total. The monoisotopic (exact) mass is 356 g/mol. The van der Waals surface area contributed by atoms with Crippen molar-refractivity contribution in [3.8, 4) is 0 Å². The summed E-state index contributed by atoms with van der Waals surface area (Å²) in [4.78, 5) is 25.8. The first-order chi connectivity index (χ1) is 11.5. The number of hydrogen-bond acceptors (Lipinski definition) is 5. The van der Waals surface area contributed by atoms with Gasteiger partial charge < -0.3 is 14.2 Å². The summed E-state index contributed by atoms with van der Waals surface area (Å²) in [5, 5.41) is 0. The van der Waals surface area contributed by atoms with Gasteiger partial charge in [0.2, 0.25) is 0 Å². The third-order valence-corrected chi connectivity index (χ3v) is 5.91. The molecule has 24 heavy (non-hydrogen) atoms. The topological polar surface area (TPSA) is 82.6 Å². The molecule has 1 saturated carbocycles. The molecule has 4 atom stereocenters. The van der Waals surface area contributed by atoms with E-state index < -0.39 is 35.0 Å². The summed E-state index contributed by atoms with van der Waals surface area (Å²) >= 11 is 6.24. The maximum absolute atomic E-state index is 12.2. The van der Waals surface area contributed by atoms with Crippen LogP contribution < -0.4 is 11.2 Å². The molecule has 1 aliphatic carbocycles. The largest absolute Gasteiger partial charge is 0.344 e. The Morgan fingerprint density at radius 1 is 1.29 bits per heavy atom. The Kier molecular flexibility index (Phi) is 3.87. The molecule has 1 aromatic rings. The van der Waals surface area contributed by atoms with Crippen LogP contribution in [0.3, 0.4) is 0 Å². The number of aromatic nitrogens is 2. The van der Waals surface area contributed by atoms with Gasteiger partial charge >= 0.3 is 5.69 Å². The number of nitrogens with one attached hydrogen (secondary N) is 1. The number of H-pyrrole nitrogens is 1. The van der Waals surface area contributed by atoms with Gasteiger partial charge in [0.25, 0.3) is 5.56 Å². The molecule has 1 spiro atoms. The van der Waals surface area contributed by atoms with Gasteiger partial charge in [0, 0.05) is 25.1 Å². The first kappa shape index (κ1) is 16.3. The average Bonchev–Trinajstić information content (AvgIpc) is 3.24. The Bertz CT molecular complexity index is 734. The van der Waals surface area contributed by atoms with E-state index in [4.69, 9.17) is 25.8 Å². The summed E-state index contributed by atoms with van der Waals surface area (Å²) in [7, 11) is 0. The lowest BCUT2D eigenvalue weighted by molar-refractivity contribution is -0.230. The van der Waals surface area contributed by atoms with Crippen LogP contribution in [0.4, 0.5) is 0 Å². The number of aromatic amines is 1. The molecule has 0 unspecified atom stereocenters. The Labute approximate surface area is 143 Å². The predicted molar refractivity (Wildman–Crippen MR) is 86.1 cm³/mol. The van der Waals surface area contributed by atoms with Crippen LogP contribution in [-0.2, 0) is 14.2 Å². The van der Waals surface area contributed by atoms with Gasteiger partial charge in [-0.2, -0.15) is 0 Å². The molecule has 0 bridgehead atoms. The van der Waals surface area contributed by atoms with Crippen molar-refractivity contribution >= 4 is 11.6 Å². The highest BCUT2D eigenvalue weighted by Gasteiger charge is 2.64. The van der Waals surface area contributed by atoms with Crippen molar-refractivity contribution in [3.63, 3.8) is 0 Å². The maximum atomic E-state index is 12.2. The number of ether oxygens (including phenoxy) is 3. The van der Waals surface area contributed by atoms with Gasteiger partial charge in [-0.25, -0.2) is 4.79 Å². The van der Waals surface area contributed by atoms with Crippen LogP contribution in [0.15, 0.2) is 21.9 Å². The zero-order valence-electron chi connectivity index (χ0n) is 13.5. The van der Waals surface area contributed by atoms with E-state index in [2.05, 4.69) is 4.98 Å². The van der Waals surface area contributed by atoms with Crippen molar-refractivity contribution in [1.82, 2.24) is 9.55 Å². The normalized spacial score (nSPS) is 37.2. The fourth-order valence-electron chi connectivity index (χ4n) is 4.10. The molecule has 0 radical (unpaired) electrons. The summed E-state index contributed by atoms with van der Waals surface area (Å²) in [6.45, 7) is 1.99. The quantitative estimate of drug-likeness (QED) is 0.830. The van der Waals surface area contributed by atoms with Gasteiger partial charge in [0.1, 0.15) is 17.8 Å². The number of nitrogens with zero attached hydrogens (tertiary/aromatic N) is 1. The summed E-state index contributed by atoms with van der Waals surface area (Å²) in [6.07, 6.45) is 4.46. The lowest BCUT2D eigenvalue weighted by atomic mass is 9.94. The Morgan fingerprint density at radius 2 is 2.04 bits per heavy atom. The minimum atomic E-state index is -0.710. The second-order valence-corrected chi connectivity index (χ2v) is 7.08. The molecule has 3 heterocycles. The summed E-state index contributed by atoms with van der Waals surface area (Å²) in [5.41, 5.74) is -1.68. The van der Waals surface area contributed by atoms with Crippen molar-refractivity contribution in [2.24, 2.45) is 0 Å². The van der Waals surface area contributed by atoms with Crippen LogP contribution in [0.2, 0.25) is 0 Å². The first-order valence-electron chi connectivity index (χ1n) is 8.43. The third-order valence-electron chi connectivity index (χ3n) is 5.46. The van der Waals surface area contributed by atoms with Crippen molar-refractivity contribution in [2.75, 3.05) is 5.88 Å². The smallest absolute Gasteiger partial charge is 0.330 e. The second kappa shape index (κ2) is 5.69. The Morgan fingerprint density at radius 3 is 2.67 bits per heavy atom. The van der Waals surface area contributed by atoms with E-state index in [1.807, 2.05) is 6.92 Å². The van der Waals surface area contributed by atoms with E-state index in [1.165, 1.54) is 16.8 Å². The third kappa shape index (κ3) is 2.29. The molecule has 4 rings (SSSR count). The molecule has 0 amide bonds. The van der Waals surface area contributed by atoms with Gasteiger partial charge in [-0.1, -0.05) is 6.92 Å². The minimum Gasteiger partial charge on any atom is -0.344 e. The molecule has 2 aliphatic heterocycles. The van der Waals surface area contributed by atoms with E-state index >= 15 is 0 Å². The number of hydrogen-bond donors (Lipinski definition) is 1. The lowest BCUT2D eigenvalue weighted by Gasteiger charge is -2.33. The van der Waals surface area contributed by atoms with Crippen molar-refractivity contribution in [3.05, 3.63) is 33.1 Å². The SMILES string of the molecule is CC[C@@]1(CCl)O[C@@H](n2ccc(=O)[nH]c2=O)[C@@H]2OC3(CCCC3)O[C@@H]21. The molecule has 2 saturated heterocycles. The molecule has 1 N–H and O–H groups in total. The van der Waals surface area contributed by atoms with Gasteiger partial charge in [0.05, 0.1) is 5.88 Å². The zero-order valence-corrected chi connectivity index (χ0v) is 14.3. The van der Waals surface area contributed by atoms with Gasteiger partial charge in [-0.05, 0) is 19.3 Å². The molecule has 3 fully saturated rings. The number of rotatable bonds is 3. The highest BCUT2D eigenvalue weighted by Crippen LogP contribution is 2.53. The van der Waals surface area contributed by atoms with Crippen LogP contribution in [0.25, 0.3) is 0 Å². The summed E-state index contributed by atoms with van der Waals surface area (Å²) in [5.74, 6) is -0.339. The fourth-order valence-corrected chi connectivity index (χ4v) is 4.51. The molecule has 0 aromatic carbocycles. The minimum absolute atomic E-state index is 0.249. The summed E-state index contributed by atoms with van der Waals surface area (Å²) in [6, 6.07) is 1.30. The van der Waals surface area contributed by atoms with Crippen LogP contribution in [-0.4, -0.2) is 39.0 Å². The number of alkyl halides is 1. The highest BCUT2D eigenvalue weighted by atomic mass is 35.5. The predicted octanol–water partition coefficient (Wildman–Crippen LogP) is 1.51. The maximum Gasteiger partial charge on any atom is 0.330 e. The molecular formula is C16H21ClN2O5. The van der Waals surface area contributed by atoms with Crippen LogP contribution in [0.1, 0.15) is 45.3 Å². The van der Waals surface area contributed by atoms with E-state index in [0.717, 1.165) is 25.7 Å². The van der Waals surface area contributed by atoms with Crippen molar-refractivity contribution < 1.29 is 14.2 Å². The van der Waals surface area contributed by atoms with E-state index in [0.29, 0.717) is 6.42 Å². The van der Waals surface area contributed by atoms with Crippen molar-refractivity contribution in [2.45, 2.75) is 68.9 Å². The van der Waals surface area contributed by atoms with Crippen molar-refractivity contribution in [1.29, 1.82) is 0 Å². The molecule has 8 heteroatoms. The lowest BCUT2D eigenvalue weighted by Crippen LogP contribution is -2.44. The van der Waals surface area contributed by atoms with Gasteiger partial charge in [-0.3, -0.25) is 14.3 Å². The van der Waals surface area contributed by atoms with Gasteiger partial charge in [0.15, 0.2) is 12.0 Å². The van der Waals surface area contributed by atoms with E-state index in [1.54, 1.807) is 0 Å². The number of fused-ring (bicyclic) bond motifs is 1. The van der Waals surface area contributed by atoms with Crippen LogP contribution in [0, 0.1) is 0 Å². The fraction of sp³-hybridized carbons (Fsp3) is 0.750.